The molecular formula is C23H27NO3S. The predicted molar refractivity (Wildman–Crippen MR) is 113 cm³/mol. The molecule has 28 heavy (non-hydrogen) atoms. The van der Waals surface area contributed by atoms with Gasteiger partial charge in [0.15, 0.2) is 0 Å². The number of thiophene rings is 1. The molecule has 4 nitrogen and oxygen atoms in total. The monoisotopic (exact) mass is 397 g/mol. The summed E-state index contributed by atoms with van der Waals surface area (Å²) in [6.07, 6.45) is 4.97. The molecule has 0 bridgehead atoms. The van der Waals surface area contributed by atoms with E-state index in [2.05, 4.69) is 41.6 Å². The summed E-state index contributed by atoms with van der Waals surface area (Å²) in [4.78, 5) is 14.5. The van der Waals surface area contributed by atoms with Gasteiger partial charge in [0.2, 0.25) is 0 Å². The lowest BCUT2D eigenvalue weighted by Crippen LogP contribution is -2.26. The zero-order valence-corrected chi connectivity index (χ0v) is 17.2. The minimum Gasteiger partial charge on any atom is -0.488 e. The summed E-state index contributed by atoms with van der Waals surface area (Å²) >= 11 is 1.82. The molecule has 0 radical (unpaired) electrons. The maximum Gasteiger partial charge on any atom is 0.303 e. The number of aliphatic carboxylic acids is 1. The van der Waals surface area contributed by atoms with Crippen molar-refractivity contribution in [1.29, 1.82) is 0 Å². The molecule has 3 heterocycles. The Morgan fingerprint density at radius 1 is 1.21 bits per heavy atom. The number of aryl methyl sites for hydroxylation is 1. The number of benzene rings is 1. The average Bonchev–Trinajstić information content (AvgIpc) is 3.08. The highest BCUT2D eigenvalue weighted by molar-refractivity contribution is 7.11. The van der Waals surface area contributed by atoms with Crippen molar-refractivity contribution in [2.45, 2.75) is 45.1 Å². The first-order valence-corrected chi connectivity index (χ1v) is 10.9. The summed E-state index contributed by atoms with van der Waals surface area (Å²) < 4.78 is 6.17. The number of ether oxygens (including phenoxy) is 1. The van der Waals surface area contributed by atoms with Crippen molar-refractivity contribution in [1.82, 2.24) is 4.90 Å². The van der Waals surface area contributed by atoms with Crippen molar-refractivity contribution >= 4 is 22.9 Å². The van der Waals surface area contributed by atoms with E-state index in [1.807, 2.05) is 11.3 Å². The van der Waals surface area contributed by atoms with Crippen LogP contribution in [0.4, 0.5) is 0 Å². The lowest BCUT2D eigenvalue weighted by molar-refractivity contribution is -0.137. The highest BCUT2D eigenvalue weighted by Crippen LogP contribution is 2.43. The van der Waals surface area contributed by atoms with E-state index >= 15 is 0 Å². The summed E-state index contributed by atoms with van der Waals surface area (Å²) in [7, 11) is 2.19. The number of fused-ring (bicyclic) bond motifs is 2. The second-order valence-electron chi connectivity index (χ2n) is 7.78. The minimum atomic E-state index is -0.713. The average molecular weight is 398 g/mol. The number of rotatable bonds is 5. The first kappa shape index (κ1) is 19.2. The SMILES string of the molecule is CN1CCC(=C2c3cc(CCCCC(=O)O)ccc3OCc3ccsc32)CC1. The normalized spacial score (nSPS) is 16.9. The number of carboxylic acid groups (broad SMARTS) is 1. The van der Waals surface area contributed by atoms with Crippen LogP contribution in [0.25, 0.3) is 5.57 Å². The number of likely N-dealkylation sites (tertiary alicyclic amines) is 1. The third-order valence-corrected chi connectivity index (χ3v) is 6.69. The molecular weight excluding hydrogens is 370 g/mol. The third kappa shape index (κ3) is 4.15. The Bertz CT molecular complexity index is 889. The van der Waals surface area contributed by atoms with Crippen molar-refractivity contribution < 1.29 is 14.6 Å². The molecule has 0 atom stereocenters. The molecule has 0 saturated carbocycles. The van der Waals surface area contributed by atoms with Crippen molar-refractivity contribution in [3.05, 3.63) is 56.8 Å². The molecule has 2 aliphatic rings. The second-order valence-corrected chi connectivity index (χ2v) is 8.69. The largest absolute Gasteiger partial charge is 0.488 e. The van der Waals surface area contributed by atoms with Gasteiger partial charge < -0.3 is 14.7 Å². The van der Waals surface area contributed by atoms with Crippen LogP contribution in [0.1, 0.15) is 53.7 Å². The molecule has 0 unspecified atom stereocenters. The molecule has 0 aliphatic carbocycles. The standard InChI is InChI=1S/C23H27NO3S/c1-24-11-8-17(9-12-24)22-19-14-16(4-2-3-5-21(25)26)6-7-20(19)27-15-18-10-13-28-23(18)22/h6-7,10,13-14H,2-5,8-9,11-12,15H2,1H3,(H,25,26). The smallest absolute Gasteiger partial charge is 0.303 e. The Hall–Kier alpha value is -2.11. The van der Waals surface area contributed by atoms with E-state index in [1.165, 1.54) is 32.7 Å². The molecule has 4 rings (SSSR count). The molecule has 1 saturated heterocycles. The summed E-state index contributed by atoms with van der Waals surface area (Å²) in [5, 5.41) is 11.0. The Labute approximate surface area is 170 Å². The van der Waals surface area contributed by atoms with Gasteiger partial charge in [-0.1, -0.05) is 11.6 Å². The molecule has 0 amide bonds. The third-order valence-electron chi connectivity index (χ3n) is 5.72. The molecule has 1 aromatic carbocycles. The highest BCUT2D eigenvalue weighted by atomic mass is 32.1. The molecule has 1 N–H and O–H groups in total. The van der Waals surface area contributed by atoms with Crippen LogP contribution >= 0.6 is 11.3 Å². The lowest BCUT2D eigenvalue weighted by atomic mass is 9.89. The van der Waals surface area contributed by atoms with Crippen molar-refractivity contribution in [3.63, 3.8) is 0 Å². The molecule has 2 aliphatic heterocycles. The molecule has 2 aromatic rings. The van der Waals surface area contributed by atoms with Crippen LogP contribution < -0.4 is 4.74 Å². The predicted octanol–water partition coefficient (Wildman–Crippen LogP) is 4.97. The van der Waals surface area contributed by atoms with Crippen LogP contribution in [-0.4, -0.2) is 36.1 Å². The van der Waals surface area contributed by atoms with Gasteiger partial charge in [0.1, 0.15) is 12.4 Å². The Morgan fingerprint density at radius 2 is 2.04 bits per heavy atom. The number of piperidine rings is 1. The molecule has 1 aromatic heterocycles. The topological polar surface area (TPSA) is 49.8 Å². The fourth-order valence-corrected chi connectivity index (χ4v) is 5.11. The Kier molecular flexibility index (Phi) is 5.83. The van der Waals surface area contributed by atoms with Gasteiger partial charge in [-0.05, 0) is 68.3 Å². The van der Waals surface area contributed by atoms with Crippen LogP contribution in [0.3, 0.4) is 0 Å². The van der Waals surface area contributed by atoms with E-state index < -0.39 is 5.97 Å². The van der Waals surface area contributed by atoms with Crippen molar-refractivity contribution in [2.24, 2.45) is 0 Å². The number of hydrogen-bond donors (Lipinski definition) is 1. The van der Waals surface area contributed by atoms with E-state index in [-0.39, 0.29) is 6.42 Å². The van der Waals surface area contributed by atoms with Crippen LogP contribution in [0.15, 0.2) is 35.2 Å². The van der Waals surface area contributed by atoms with Gasteiger partial charge in [-0.2, -0.15) is 0 Å². The zero-order valence-electron chi connectivity index (χ0n) is 16.4. The van der Waals surface area contributed by atoms with Crippen molar-refractivity contribution in [2.75, 3.05) is 20.1 Å². The molecule has 5 heteroatoms. The maximum absolute atomic E-state index is 10.7. The van der Waals surface area contributed by atoms with Gasteiger partial charge in [-0.3, -0.25) is 4.79 Å². The van der Waals surface area contributed by atoms with E-state index in [9.17, 15) is 4.79 Å². The fraction of sp³-hybridized carbons (Fsp3) is 0.435. The number of unbranched alkanes of at least 4 members (excludes halogenated alkanes) is 1. The van der Waals surface area contributed by atoms with Crippen LogP contribution in [-0.2, 0) is 17.8 Å². The van der Waals surface area contributed by atoms with E-state index in [0.717, 1.165) is 50.9 Å². The summed E-state index contributed by atoms with van der Waals surface area (Å²) in [5.74, 6) is 0.258. The molecule has 0 spiro atoms. The zero-order chi connectivity index (χ0) is 19.5. The summed E-state index contributed by atoms with van der Waals surface area (Å²) in [6, 6.07) is 8.71. The summed E-state index contributed by atoms with van der Waals surface area (Å²) in [6.45, 7) is 2.83. The van der Waals surface area contributed by atoms with E-state index in [1.54, 1.807) is 0 Å². The van der Waals surface area contributed by atoms with Gasteiger partial charge in [0, 0.05) is 41.1 Å². The first-order chi connectivity index (χ1) is 13.6. The summed E-state index contributed by atoms with van der Waals surface area (Å²) in [5.41, 5.74) is 6.69. The highest BCUT2D eigenvalue weighted by Gasteiger charge is 2.25. The molecule has 148 valence electrons. The molecule has 1 fully saturated rings. The van der Waals surface area contributed by atoms with Gasteiger partial charge in [-0.15, -0.1) is 11.3 Å². The number of hydrogen-bond acceptors (Lipinski definition) is 4. The second kappa shape index (κ2) is 8.50. The number of nitrogens with zero attached hydrogens (tertiary/aromatic N) is 1. The van der Waals surface area contributed by atoms with Gasteiger partial charge in [-0.25, -0.2) is 0 Å². The Balaban J connectivity index is 1.68. The van der Waals surface area contributed by atoms with Crippen molar-refractivity contribution in [3.8, 4) is 5.75 Å². The van der Waals surface area contributed by atoms with Gasteiger partial charge in [0.25, 0.3) is 0 Å². The van der Waals surface area contributed by atoms with E-state index in [0.29, 0.717) is 6.61 Å². The van der Waals surface area contributed by atoms with Gasteiger partial charge in [0.05, 0.1) is 0 Å². The van der Waals surface area contributed by atoms with Crippen LogP contribution in [0, 0.1) is 0 Å². The first-order valence-electron chi connectivity index (χ1n) is 10.1. The van der Waals surface area contributed by atoms with Crippen LogP contribution in [0.2, 0.25) is 0 Å². The van der Waals surface area contributed by atoms with Gasteiger partial charge >= 0.3 is 5.97 Å². The Morgan fingerprint density at radius 3 is 2.82 bits per heavy atom. The van der Waals surface area contributed by atoms with Crippen LogP contribution in [0.5, 0.6) is 5.75 Å². The minimum absolute atomic E-state index is 0.245. The maximum atomic E-state index is 10.7. The number of carbonyl (C=O) groups is 1. The lowest BCUT2D eigenvalue weighted by Gasteiger charge is -2.26. The fourth-order valence-electron chi connectivity index (χ4n) is 4.10. The quantitative estimate of drug-likeness (QED) is 0.724. The number of carboxylic acids is 1. The van der Waals surface area contributed by atoms with E-state index in [4.69, 9.17) is 9.84 Å².